The Morgan fingerprint density at radius 1 is 1.86 bits per heavy atom. The zero-order valence-electron chi connectivity index (χ0n) is 4.15. The van der Waals surface area contributed by atoms with E-state index in [0.717, 1.165) is 12.5 Å². The molecule has 4 radical (unpaired) electrons. The van der Waals surface area contributed by atoms with Crippen LogP contribution in [0.1, 0.15) is 6.42 Å². The molecular weight excluding hydrogens is 120 g/mol. The average Bonchev–Trinajstić information content (AvgIpc) is 1.61. The van der Waals surface area contributed by atoms with Crippen LogP contribution in [0.2, 0.25) is 6.04 Å². The molecule has 0 bridgehead atoms. The SMILES string of the molecule is C=CCC[Si](O)[Si]. The van der Waals surface area contributed by atoms with E-state index >= 15 is 0 Å². The normalized spacial score (nSPS) is 9.57. The molecule has 0 aromatic rings. The number of hydrogen-bond acceptors (Lipinski definition) is 1. The van der Waals surface area contributed by atoms with Gasteiger partial charge < -0.3 is 4.80 Å². The van der Waals surface area contributed by atoms with Crippen LogP contribution in [0, 0.1) is 0 Å². The van der Waals surface area contributed by atoms with E-state index in [1.165, 1.54) is 0 Å². The van der Waals surface area contributed by atoms with Crippen molar-refractivity contribution in [3.05, 3.63) is 12.7 Å². The summed E-state index contributed by atoms with van der Waals surface area (Å²) in [6.45, 7) is 3.52. The molecule has 0 aliphatic heterocycles. The first-order valence-corrected chi connectivity index (χ1v) is 5.30. The molecule has 1 nitrogen and oxygen atoms in total. The summed E-state index contributed by atoms with van der Waals surface area (Å²) in [5, 5.41) is 0. The van der Waals surface area contributed by atoms with Crippen molar-refractivity contribution in [3.63, 3.8) is 0 Å². The summed E-state index contributed by atoms with van der Waals surface area (Å²) in [5.41, 5.74) is 0. The molecule has 0 aromatic carbocycles. The molecule has 0 amide bonds. The standard InChI is InChI=1S/C4H8OSi2/c1-2-3-4-7(5)6/h2,5H,1,3-4H2. The zero-order chi connectivity index (χ0) is 5.70. The first-order valence-electron chi connectivity index (χ1n) is 2.14. The largest absolute Gasteiger partial charge is 0.435 e. The Labute approximate surface area is 49.0 Å². The van der Waals surface area contributed by atoms with Crippen LogP contribution in [0.15, 0.2) is 12.7 Å². The van der Waals surface area contributed by atoms with Crippen LogP contribution in [0.4, 0.5) is 0 Å². The van der Waals surface area contributed by atoms with E-state index in [1.54, 1.807) is 6.08 Å². The van der Waals surface area contributed by atoms with Gasteiger partial charge in [0.1, 0.15) is 0 Å². The minimum absolute atomic E-state index is 0.852. The quantitative estimate of drug-likeness (QED) is 0.425. The van der Waals surface area contributed by atoms with Gasteiger partial charge in [-0.05, 0) is 12.5 Å². The van der Waals surface area contributed by atoms with Gasteiger partial charge in [0.25, 0.3) is 0 Å². The van der Waals surface area contributed by atoms with Gasteiger partial charge >= 0.3 is 0 Å². The summed E-state index contributed by atoms with van der Waals surface area (Å²) < 4.78 is 0. The topological polar surface area (TPSA) is 20.2 Å². The second-order valence-electron chi connectivity index (χ2n) is 1.27. The lowest BCUT2D eigenvalue weighted by Gasteiger charge is -1.92. The molecule has 0 aliphatic carbocycles. The molecule has 0 rings (SSSR count). The van der Waals surface area contributed by atoms with E-state index in [2.05, 4.69) is 16.3 Å². The minimum Gasteiger partial charge on any atom is -0.435 e. The molecule has 3 heteroatoms. The predicted molar refractivity (Wildman–Crippen MR) is 33.3 cm³/mol. The van der Waals surface area contributed by atoms with Gasteiger partial charge in [-0.2, -0.15) is 0 Å². The highest BCUT2D eigenvalue weighted by Gasteiger charge is 1.93. The summed E-state index contributed by atoms with van der Waals surface area (Å²) in [5.74, 6) is 0. The van der Waals surface area contributed by atoms with Crippen LogP contribution in [-0.4, -0.2) is 23.1 Å². The summed E-state index contributed by atoms with van der Waals surface area (Å²) in [7, 11) is 1.97. The fourth-order valence-electron chi connectivity index (χ4n) is 0.239. The maximum absolute atomic E-state index is 8.65. The van der Waals surface area contributed by atoms with Gasteiger partial charge in [0, 0.05) is 9.76 Å². The van der Waals surface area contributed by atoms with Crippen LogP contribution in [0.25, 0.3) is 0 Å². The van der Waals surface area contributed by atoms with Crippen molar-refractivity contribution in [1.82, 2.24) is 0 Å². The Morgan fingerprint density at radius 2 is 2.43 bits per heavy atom. The minimum atomic E-state index is -1.16. The van der Waals surface area contributed by atoms with Crippen molar-refractivity contribution in [2.45, 2.75) is 12.5 Å². The molecule has 1 N–H and O–H groups in total. The monoisotopic (exact) mass is 128 g/mol. The zero-order valence-corrected chi connectivity index (χ0v) is 6.15. The third-order valence-electron chi connectivity index (χ3n) is 0.585. The van der Waals surface area contributed by atoms with E-state index in [0.29, 0.717) is 0 Å². The van der Waals surface area contributed by atoms with E-state index in [1.807, 2.05) is 0 Å². The van der Waals surface area contributed by atoms with E-state index < -0.39 is 8.56 Å². The Kier molecular flexibility index (Phi) is 4.38. The Balaban J connectivity index is 2.81. The number of hydrogen-bond donors (Lipinski definition) is 1. The smallest absolute Gasteiger partial charge is 0.182 e. The van der Waals surface area contributed by atoms with Crippen molar-refractivity contribution < 1.29 is 4.80 Å². The lowest BCUT2D eigenvalue weighted by Crippen LogP contribution is -2.09. The van der Waals surface area contributed by atoms with Crippen LogP contribution < -0.4 is 0 Å². The van der Waals surface area contributed by atoms with Gasteiger partial charge in [-0.25, -0.2) is 0 Å². The van der Waals surface area contributed by atoms with Gasteiger partial charge in [0.15, 0.2) is 8.56 Å². The molecule has 0 unspecified atom stereocenters. The lowest BCUT2D eigenvalue weighted by molar-refractivity contribution is 0.591. The third kappa shape index (κ3) is 6.13. The fourth-order valence-corrected chi connectivity index (χ4v) is 1.15. The van der Waals surface area contributed by atoms with Crippen molar-refractivity contribution >= 4 is 18.3 Å². The predicted octanol–water partition coefficient (Wildman–Crippen LogP) is 0.211. The molecule has 0 heterocycles. The Bertz CT molecular complexity index is 53.7. The molecule has 0 fully saturated rings. The van der Waals surface area contributed by atoms with Gasteiger partial charge in [-0.1, -0.05) is 6.08 Å². The van der Waals surface area contributed by atoms with Crippen molar-refractivity contribution in [2.24, 2.45) is 0 Å². The number of allylic oxidation sites excluding steroid dienone is 1. The molecule has 38 valence electrons. The highest BCUT2D eigenvalue weighted by Crippen LogP contribution is 1.89. The second-order valence-corrected chi connectivity index (χ2v) is 4.40. The number of rotatable bonds is 3. The van der Waals surface area contributed by atoms with E-state index in [9.17, 15) is 0 Å². The van der Waals surface area contributed by atoms with E-state index in [-0.39, 0.29) is 0 Å². The molecule has 7 heavy (non-hydrogen) atoms. The van der Waals surface area contributed by atoms with Crippen LogP contribution >= 0.6 is 0 Å². The highest BCUT2D eigenvalue weighted by atomic mass is 29.2. The first-order chi connectivity index (χ1) is 3.27. The summed E-state index contributed by atoms with van der Waals surface area (Å²) in [4.78, 5) is 8.65. The van der Waals surface area contributed by atoms with Gasteiger partial charge in [0.05, 0.1) is 0 Å². The van der Waals surface area contributed by atoms with Crippen molar-refractivity contribution in [3.8, 4) is 0 Å². The molecular formula is C4H8OSi2. The Hall–Kier alpha value is 0.134. The highest BCUT2D eigenvalue weighted by molar-refractivity contribution is 6.98. The summed E-state index contributed by atoms with van der Waals surface area (Å²) >= 11 is 0. The first kappa shape index (κ1) is 7.13. The molecule has 0 aromatic heterocycles. The summed E-state index contributed by atoms with van der Waals surface area (Å²) in [6.07, 6.45) is 2.72. The van der Waals surface area contributed by atoms with Gasteiger partial charge in [0.2, 0.25) is 0 Å². The van der Waals surface area contributed by atoms with E-state index in [4.69, 9.17) is 4.80 Å². The van der Waals surface area contributed by atoms with Crippen LogP contribution in [0.3, 0.4) is 0 Å². The van der Waals surface area contributed by atoms with Crippen LogP contribution in [0.5, 0.6) is 0 Å². The van der Waals surface area contributed by atoms with Crippen LogP contribution in [-0.2, 0) is 0 Å². The third-order valence-corrected chi connectivity index (χ3v) is 2.10. The van der Waals surface area contributed by atoms with Crippen molar-refractivity contribution in [2.75, 3.05) is 0 Å². The van der Waals surface area contributed by atoms with Crippen molar-refractivity contribution in [1.29, 1.82) is 0 Å². The lowest BCUT2D eigenvalue weighted by atomic mass is 10.5. The van der Waals surface area contributed by atoms with Gasteiger partial charge in [-0.3, -0.25) is 0 Å². The molecule has 0 spiro atoms. The molecule has 0 saturated heterocycles. The van der Waals surface area contributed by atoms with Gasteiger partial charge in [-0.15, -0.1) is 6.58 Å². The summed E-state index contributed by atoms with van der Waals surface area (Å²) in [6, 6.07) is 0.852. The molecule has 0 atom stereocenters. The molecule has 0 aliphatic rings. The Morgan fingerprint density at radius 3 is 2.57 bits per heavy atom. The maximum atomic E-state index is 8.65. The molecule has 0 saturated carbocycles. The fraction of sp³-hybridized carbons (Fsp3) is 0.500. The average molecular weight is 128 g/mol. The second kappa shape index (κ2) is 4.30. The maximum Gasteiger partial charge on any atom is 0.182 e.